The third-order valence-electron chi connectivity index (χ3n) is 5.31. The van der Waals surface area contributed by atoms with Crippen molar-refractivity contribution < 1.29 is 23.7 Å². The molecule has 0 bridgehead atoms. The first-order valence-corrected chi connectivity index (χ1v) is 8.87. The van der Waals surface area contributed by atoms with Gasteiger partial charge in [-0.2, -0.15) is 0 Å². The standard InChI is InChI=1S/C22H22O5/c1-21-13-17-12-19(26-14-15-7-5-4-6-8-15)18(24-2)11-16(17)9-10-22(21,27-21)20(23)25-3/h4-12H,13-14H2,1-3H3. The van der Waals surface area contributed by atoms with Gasteiger partial charge in [0.2, 0.25) is 5.60 Å². The van der Waals surface area contributed by atoms with Crippen LogP contribution in [0.2, 0.25) is 0 Å². The zero-order valence-electron chi connectivity index (χ0n) is 15.7. The first-order valence-electron chi connectivity index (χ1n) is 8.87. The van der Waals surface area contributed by atoms with Gasteiger partial charge < -0.3 is 18.9 Å². The van der Waals surface area contributed by atoms with Crippen LogP contribution in [0.25, 0.3) is 6.08 Å². The lowest BCUT2D eigenvalue weighted by Crippen LogP contribution is -2.32. The molecule has 1 aliphatic carbocycles. The van der Waals surface area contributed by atoms with Crippen LogP contribution in [0.4, 0.5) is 0 Å². The minimum atomic E-state index is -1.01. The van der Waals surface area contributed by atoms with Gasteiger partial charge in [0.05, 0.1) is 14.2 Å². The topological polar surface area (TPSA) is 57.3 Å². The van der Waals surface area contributed by atoms with E-state index in [0.29, 0.717) is 24.5 Å². The van der Waals surface area contributed by atoms with Crippen LogP contribution in [0, 0.1) is 0 Å². The van der Waals surface area contributed by atoms with Crippen LogP contribution in [0.15, 0.2) is 48.5 Å². The Morgan fingerprint density at radius 1 is 1.15 bits per heavy atom. The highest BCUT2D eigenvalue weighted by molar-refractivity contribution is 5.90. The van der Waals surface area contributed by atoms with Crippen molar-refractivity contribution in [1.29, 1.82) is 0 Å². The molecular formula is C22H22O5. The van der Waals surface area contributed by atoms with Gasteiger partial charge in [0, 0.05) is 6.42 Å². The summed E-state index contributed by atoms with van der Waals surface area (Å²) in [5, 5.41) is 0. The number of epoxide rings is 1. The average molecular weight is 366 g/mol. The second kappa shape index (κ2) is 6.43. The normalized spacial score (nSPS) is 25.0. The van der Waals surface area contributed by atoms with Crippen molar-refractivity contribution in [3.05, 3.63) is 65.2 Å². The summed E-state index contributed by atoms with van der Waals surface area (Å²) in [6.45, 7) is 2.38. The van der Waals surface area contributed by atoms with E-state index in [0.717, 1.165) is 16.7 Å². The van der Waals surface area contributed by atoms with E-state index in [9.17, 15) is 4.79 Å². The molecule has 27 heavy (non-hydrogen) atoms. The van der Waals surface area contributed by atoms with Crippen LogP contribution in [-0.2, 0) is 27.3 Å². The summed E-state index contributed by atoms with van der Waals surface area (Å²) in [7, 11) is 3.00. The molecule has 5 nitrogen and oxygen atoms in total. The maximum Gasteiger partial charge on any atom is 0.345 e. The monoisotopic (exact) mass is 366 g/mol. The Bertz CT molecular complexity index is 904. The minimum absolute atomic E-state index is 0.374. The Morgan fingerprint density at radius 2 is 1.93 bits per heavy atom. The average Bonchev–Trinajstić information content (AvgIpc) is 3.31. The molecule has 140 valence electrons. The van der Waals surface area contributed by atoms with Crippen molar-refractivity contribution in [3.63, 3.8) is 0 Å². The number of hydrogen-bond donors (Lipinski definition) is 0. The van der Waals surface area contributed by atoms with Crippen LogP contribution in [-0.4, -0.2) is 31.4 Å². The first-order chi connectivity index (χ1) is 13.0. The van der Waals surface area contributed by atoms with Crippen molar-refractivity contribution in [3.8, 4) is 11.5 Å². The summed E-state index contributed by atoms with van der Waals surface area (Å²) in [6, 6.07) is 13.9. The smallest absolute Gasteiger partial charge is 0.345 e. The van der Waals surface area contributed by atoms with Crippen LogP contribution in [0.1, 0.15) is 23.6 Å². The van der Waals surface area contributed by atoms with Gasteiger partial charge in [-0.1, -0.05) is 36.4 Å². The van der Waals surface area contributed by atoms with E-state index in [1.54, 1.807) is 13.2 Å². The molecule has 0 amide bonds. The van der Waals surface area contributed by atoms with Crippen LogP contribution in [0.5, 0.6) is 11.5 Å². The summed E-state index contributed by atoms with van der Waals surface area (Å²) >= 11 is 0. The summed E-state index contributed by atoms with van der Waals surface area (Å²) in [5.41, 5.74) is 1.48. The Kier molecular flexibility index (Phi) is 4.19. The van der Waals surface area contributed by atoms with E-state index >= 15 is 0 Å². The fourth-order valence-electron chi connectivity index (χ4n) is 3.69. The van der Waals surface area contributed by atoms with Gasteiger partial charge >= 0.3 is 5.97 Å². The van der Waals surface area contributed by atoms with E-state index < -0.39 is 11.2 Å². The molecule has 0 spiro atoms. The minimum Gasteiger partial charge on any atom is -0.493 e. The van der Waals surface area contributed by atoms with Gasteiger partial charge in [-0.05, 0) is 41.8 Å². The van der Waals surface area contributed by atoms with Gasteiger partial charge in [0.25, 0.3) is 0 Å². The molecular weight excluding hydrogens is 344 g/mol. The number of methoxy groups -OCH3 is 2. The third kappa shape index (κ3) is 2.88. The maximum absolute atomic E-state index is 12.2. The predicted octanol–water partition coefficient (Wildman–Crippen LogP) is 3.54. The van der Waals surface area contributed by atoms with E-state index in [-0.39, 0.29) is 5.97 Å². The highest BCUT2D eigenvalue weighted by Crippen LogP contribution is 2.54. The number of rotatable bonds is 5. The highest BCUT2D eigenvalue weighted by Gasteiger charge is 2.71. The summed E-state index contributed by atoms with van der Waals surface area (Å²) in [6.07, 6.45) is 4.26. The van der Waals surface area contributed by atoms with Crippen LogP contribution >= 0.6 is 0 Å². The van der Waals surface area contributed by atoms with Crippen molar-refractivity contribution in [1.82, 2.24) is 0 Å². The Morgan fingerprint density at radius 3 is 2.63 bits per heavy atom. The summed E-state index contributed by atoms with van der Waals surface area (Å²) in [5.74, 6) is 0.952. The fourth-order valence-corrected chi connectivity index (χ4v) is 3.69. The fraction of sp³-hybridized carbons (Fsp3) is 0.318. The van der Waals surface area contributed by atoms with E-state index in [1.165, 1.54) is 7.11 Å². The molecule has 0 aromatic heterocycles. The molecule has 0 saturated carbocycles. The van der Waals surface area contributed by atoms with Gasteiger partial charge in [0.1, 0.15) is 12.2 Å². The number of fused-ring (bicyclic) bond motifs is 2. The Balaban J connectivity index is 1.64. The zero-order chi connectivity index (χ0) is 19.1. The van der Waals surface area contributed by atoms with Crippen molar-refractivity contribution in [2.24, 2.45) is 0 Å². The first kappa shape index (κ1) is 17.6. The lowest BCUT2D eigenvalue weighted by atomic mass is 9.89. The largest absolute Gasteiger partial charge is 0.493 e. The van der Waals surface area contributed by atoms with E-state index in [2.05, 4.69) is 0 Å². The molecule has 2 atom stereocenters. The number of carbonyl (C=O) groups is 1. The van der Waals surface area contributed by atoms with Crippen LogP contribution in [0.3, 0.4) is 0 Å². The lowest BCUT2D eigenvalue weighted by molar-refractivity contribution is -0.145. The molecule has 5 heteroatoms. The molecule has 2 aliphatic rings. The third-order valence-corrected chi connectivity index (χ3v) is 5.31. The van der Waals surface area contributed by atoms with Gasteiger partial charge in [-0.3, -0.25) is 0 Å². The summed E-state index contributed by atoms with van der Waals surface area (Å²) in [4.78, 5) is 12.2. The Labute approximate surface area is 158 Å². The number of hydrogen-bond acceptors (Lipinski definition) is 5. The number of carbonyl (C=O) groups excluding carboxylic acids is 1. The molecule has 1 heterocycles. The predicted molar refractivity (Wildman–Crippen MR) is 101 cm³/mol. The SMILES string of the molecule is COC(=O)C12C=Cc3cc(OC)c(OCc4ccccc4)cc3CC1(C)O2. The quantitative estimate of drug-likeness (QED) is 0.598. The molecule has 2 aromatic rings. The molecule has 1 aliphatic heterocycles. The number of benzene rings is 2. The second-order valence-electron chi connectivity index (χ2n) is 7.05. The number of ether oxygens (including phenoxy) is 4. The van der Waals surface area contributed by atoms with Crippen molar-refractivity contribution in [2.75, 3.05) is 14.2 Å². The van der Waals surface area contributed by atoms with Crippen molar-refractivity contribution >= 4 is 12.0 Å². The van der Waals surface area contributed by atoms with Gasteiger partial charge in [-0.25, -0.2) is 4.79 Å². The van der Waals surface area contributed by atoms with E-state index in [4.69, 9.17) is 18.9 Å². The summed E-state index contributed by atoms with van der Waals surface area (Å²) < 4.78 is 22.3. The zero-order valence-corrected chi connectivity index (χ0v) is 15.7. The molecule has 2 aromatic carbocycles. The van der Waals surface area contributed by atoms with E-state index in [1.807, 2.05) is 55.5 Å². The van der Waals surface area contributed by atoms with Crippen molar-refractivity contribution in [2.45, 2.75) is 31.2 Å². The number of esters is 1. The molecule has 1 saturated heterocycles. The highest BCUT2D eigenvalue weighted by atomic mass is 16.7. The molecule has 2 unspecified atom stereocenters. The van der Waals surface area contributed by atoms with Crippen LogP contribution < -0.4 is 9.47 Å². The lowest BCUT2D eigenvalue weighted by Gasteiger charge is -2.16. The molecule has 1 fully saturated rings. The molecule has 0 N–H and O–H groups in total. The van der Waals surface area contributed by atoms with Gasteiger partial charge in [-0.15, -0.1) is 0 Å². The maximum atomic E-state index is 12.2. The Hall–Kier alpha value is -2.79. The molecule has 0 radical (unpaired) electrons. The molecule has 4 rings (SSSR count). The second-order valence-corrected chi connectivity index (χ2v) is 7.05. The van der Waals surface area contributed by atoms with Gasteiger partial charge in [0.15, 0.2) is 11.5 Å².